The second-order valence-corrected chi connectivity index (χ2v) is 19.2. The third-order valence-electron chi connectivity index (χ3n) is 13.7. The number of halogens is 3. The first-order valence-electron chi connectivity index (χ1n) is 25.4. The van der Waals surface area contributed by atoms with Crippen LogP contribution in [0.4, 0.5) is 18.4 Å². The van der Waals surface area contributed by atoms with Gasteiger partial charge in [0.25, 0.3) is 16.1 Å². The number of likely N-dealkylation sites (tertiary alicyclic amines) is 1. The highest BCUT2D eigenvalue weighted by atomic mass is 35.5. The second kappa shape index (κ2) is 27.8. The molecule has 3 amide bonds. The van der Waals surface area contributed by atoms with Crippen LogP contribution in [0.25, 0.3) is 5.57 Å². The average molecular weight is 1100 g/mol. The zero-order valence-electron chi connectivity index (χ0n) is 42.7. The van der Waals surface area contributed by atoms with E-state index in [0.29, 0.717) is 49.1 Å². The van der Waals surface area contributed by atoms with Crippen LogP contribution in [-0.2, 0) is 55.9 Å². The van der Waals surface area contributed by atoms with Crippen molar-refractivity contribution in [3.63, 3.8) is 0 Å². The molecule has 418 valence electrons. The predicted molar refractivity (Wildman–Crippen MR) is 268 cm³/mol. The van der Waals surface area contributed by atoms with Crippen LogP contribution in [-0.4, -0.2) is 153 Å². The Kier molecular flexibility index (Phi) is 20.8. The molecule has 4 atom stereocenters. The summed E-state index contributed by atoms with van der Waals surface area (Å²) in [5.74, 6) is -2.44. The third-order valence-corrected chi connectivity index (χ3v) is 14.1. The van der Waals surface area contributed by atoms with Gasteiger partial charge in [0, 0.05) is 36.7 Å². The molecule has 2 bridgehead atoms. The smallest absolute Gasteiger partial charge is 0.496 e. The van der Waals surface area contributed by atoms with Gasteiger partial charge in [0.1, 0.15) is 49.6 Å². The molecule has 77 heavy (non-hydrogen) atoms. The minimum absolute atomic E-state index is 0.0517. The fourth-order valence-corrected chi connectivity index (χ4v) is 10.2. The molecule has 4 aliphatic rings. The molecule has 22 nitrogen and oxygen atoms in total. The highest BCUT2D eigenvalue weighted by molar-refractivity contribution is 6.32. The van der Waals surface area contributed by atoms with Gasteiger partial charge in [-0.05, 0) is 111 Å². The monoisotopic (exact) mass is 1100 g/mol. The lowest BCUT2D eigenvalue weighted by molar-refractivity contribution is -0.758. The Labute approximate surface area is 447 Å². The van der Waals surface area contributed by atoms with Gasteiger partial charge in [-0.1, -0.05) is 48.0 Å². The minimum Gasteiger partial charge on any atom is -0.496 e. The average Bonchev–Trinajstić information content (AvgIpc) is 4.25. The molecule has 25 heteroatoms. The van der Waals surface area contributed by atoms with E-state index in [1.165, 1.54) is 0 Å². The number of hydrogen-bond donors (Lipinski definition) is 0. The molecule has 0 aromatic heterocycles. The van der Waals surface area contributed by atoms with E-state index in [0.717, 1.165) is 47.2 Å². The summed E-state index contributed by atoms with van der Waals surface area (Å²) in [6.45, 7) is 1.04. The van der Waals surface area contributed by atoms with Gasteiger partial charge < -0.3 is 52.6 Å². The lowest BCUT2D eigenvalue weighted by atomic mass is 9.73. The summed E-state index contributed by atoms with van der Waals surface area (Å²) in [5.41, 5.74) is 4.43. The van der Waals surface area contributed by atoms with Crippen LogP contribution in [0.15, 0.2) is 60.2 Å². The maximum Gasteiger partial charge on any atom is 0.508 e. The van der Waals surface area contributed by atoms with Crippen molar-refractivity contribution in [3.8, 4) is 11.5 Å². The van der Waals surface area contributed by atoms with E-state index in [9.17, 15) is 43.4 Å². The third kappa shape index (κ3) is 15.8. The first-order valence-corrected chi connectivity index (χ1v) is 25.8. The van der Waals surface area contributed by atoms with Crippen molar-refractivity contribution in [2.24, 2.45) is 5.92 Å². The Morgan fingerprint density at radius 2 is 1.45 bits per heavy atom. The van der Waals surface area contributed by atoms with E-state index in [4.69, 9.17) is 44.8 Å². The molecular weight excluding hydrogens is 1040 g/mol. The number of benzene rings is 3. The molecular formula is C52H62ClF2N5O17. The van der Waals surface area contributed by atoms with Crippen molar-refractivity contribution >= 4 is 41.2 Å². The van der Waals surface area contributed by atoms with Crippen LogP contribution in [0.2, 0.25) is 5.02 Å². The molecule has 3 fully saturated rings. The Bertz CT molecular complexity index is 2610. The summed E-state index contributed by atoms with van der Waals surface area (Å²) in [6, 6.07) is 13.1. The molecule has 0 N–H and O–H groups in total. The zero-order valence-corrected chi connectivity index (χ0v) is 43.5. The first-order chi connectivity index (χ1) is 37.1. The van der Waals surface area contributed by atoms with Crippen LogP contribution in [0.5, 0.6) is 11.5 Å². The summed E-state index contributed by atoms with van der Waals surface area (Å²) in [5, 5.41) is 18.6. The van der Waals surface area contributed by atoms with Gasteiger partial charge >= 0.3 is 12.2 Å². The molecule has 3 aliphatic heterocycles. The van der Waals surface area contributed by atoms with Gasteiger partial charge in [-0.15, -0.1) is 20.2 Å². The molecule has 0 spiro atoms. The number of aryl methyl sites for hydroxylation is 2. The molecule has 7 rings (SSSR count). The van der Waals surface area contributed by atoms with Gasteiger partial charge in [-0.3, -0.25) is 14.5 Å². The summed E-state index contributed by atoms with van der Waals surface area (Å²) >= 11 is 5.96. The number of carbonyl (C=O) groups is 4. The highest BCUT2D eigenvalue weighted by Crippen LogP contribution is 2.46. The van der Waals surface area contributed by atoms with Crippen molar-refractivity contribution in [2.75, 3.05) is 79.7 Å². The summed E-state index contributed by atoms with van der Waals surface area (Å²) in [7, 11) is 1.59. The number of carbonyl (C=O) groups excluding carboxylic acids is 4. The van der Waals surface area contributed by atoms with E-state index in [2.05, 4.69) is 9.68 Å². The minimum atomic E-state index is -0.984. The van der Waals surface area contributed by atoms with Crippen LogP contribution >= 0.6 is 11.6 Å². The number of hydrogen-bond acceptors (Lipinski definition) is 17. The van der Waals surface area contributed by atoms with Crippen molar-refractivity contribution < 1.29 is 81.0 Å². The van der Waals surface area contributed by atoms with Crippen LogP contribution in [0.3, 0.4) is 0 Å². The predicted octanol–water partition coefficient (Wildman–Crippen LogP) is 7.48. The normalized spacial score (nSPS) is 18.8. The zero-order chi connectivity index (χ0) is 55.0. The maximum absolute atomic E-state index is 15.7. The summed E-state index contributed by atoms with van der Waals surface area (Å²) in [6.07, 6.45) is 2.33. The van der Waals surface area contributed by atoms with Gasteiger partial charge in [0.2, 0.25) is 5.91 Å². The maximum atomic E-state index is 15.7. The van der Waals surface area contributed by atoms with Crippen molar-refractivity contribution in [2.45, 2.75) is 95.4 Å². The van der Waals surface area contributed by atoms with E-state index >= 15 is 4.79 Å². The number of fused-ring (bicyclic) bond motifs is 2. The topological polar surface area (TPSA) is 247 Å². The highest BCUT2D eigenvalue weighted by Gasteiger charge is 2.51. The number of methoxy groups -OCH3 is 1. The molecule has 3 aromatic rings. The second-order valence-electron chi connectivity index (χ2n) is 18.8. The van der Waals surface area contributed by atoms with Crippen molar-refractivity contribution in [1.82, 2.24) is 14.7 Å². The molecule has 1 saturated carbocycles. The standard InChI is InChI=1S/C52H62ClF2N5O17/c1-33-27-35(9-16-45(33)69-2)31-57(38-12-13-38)50(62)46-41(36-10-7-34(8-11-36)5-4-18-72-48-43(55)15-14-42(54)47(48)53)30-40-28-37(29-44(46)58(40)51(63)73-23-19-70-21-25-76-59(65)66)49(61)56-17-3-6-39(56)32-75-52(64)74-24-20-71-22-26-77-60(67)68/h7-11,14-16,27,37-40,44H,3-6,12-13,17-26,28-32H2,1-2H3. The number of piperidine rings is 1. The Hall–Kier alpha value is -7.05. The molecule has 3 heterocycles. The number of rotatable bonds is 28. The van der Waals surface area contributed by atoms with Crippen LogP contribution < -0.4 is 9.47 Å². The fraction of sp³-hybridized carbons (Fsp3) is 0.538. The van der Waals surface area contributed by atoms with E-state index < -0.39 is 63.1 Å². The largest absolute Gasteiger partial charge is 0.508 e. The Morgan fingerprint density at radius 1 is 0.792 bits per heavy atom. The van der Waals surface area contributed by atoms with E-state index in [1.807, 2.05) is 54.3 Å². The van der Waals surface area contributed by atoms with Crippen LogP contribution in [0, 0.1) is 44.7 Å². The van der Waals surface area contributed by atoms with E-state index in [1.54, 1.807) is 16.9 Å². The summed E-state index contributed by atoms with van der Waals surface area (Å²) in [4.78, 5) is 92.0. The van der Waals surface area contributed by atoms with Crippen molar-refractivity contribution in [3.05, 3.63) is 119 Å². The molecule has 4 unspecified atom stereocenters. The van der Waals surface area contributed by atoms with E-state index in [-0.39, 0.29) is 115 Å². The van der Waals surface area contributed by atoms with Gasteiger partial charge in [-0.25, -0.2) is 18.4 Å². The Balaban J connectivity index is 1.14. The number of ether oxygens (including phenoxy) is 7. The van der Waals surface area contributed by atoms with Gasteiger partial charge in [0.05, 0.1) is 52.2 Å². The van der Waals surface area contributed by atoms with Crippen molar-refractivity contribution in [1.29, 1.82) is 0 Å². The summed E-state index contributed by atoms with van der Waals surface area (Å²) < 4.78 is 66.3. The quantitative estimate of drug-likeness (QED) is 0.0225. The van der Waals surface area contributed by atoms with Gasteiger partial charge in [-0.2, -0.15) is 0 Å². The molecule has 0 radical (unpaired) electrons. The SMILES string of the molecule is COc1ccc(CN(C(=O)C2=C(c3ccc(CCCOc4c(F)ccc(F)c4Cl)cc3)CC3CC(C(=O)N4CCCC4COC(=O)OCCOCCO[N+](=O)[O-])CC2N3C(=O)OCCOCCO[N+](=O)[O-])C2CC2)cc1C. The molecule has 2 saturated heterocycles. The lowest BCUT2D eigenvalue weighted by Gasteiger charge is -2.50. The fourth-order valence-electron chi connectivity index (χ4n) is 10.0. The first kappa shape index (κ1) is 57.7. The van der Waals surface area contributed by atoms with Crippen LogP contribution in [0.1, 0.15) is 73.6 Å². The lowest BCUT2D eigenvalue weighted by Crippen LogP contribution is -2.59. The number of nitrogens with zero attached hydrogens (tertiary/aromatic N) is 5. The Morgan fingerprint density at radius 3 is 2.12 bits per heavy atom. The number of amides is 3. The molecule has 3 aromatic carbocycles. The molecule has 1 aliphatic carbocycles. The van der Waals surface area contributed by atoms with Gasteiger partial charge in [0.15, 0.2) is 11.6 Å².